The van der Waals surface area contributed by atoms with Crippen molar-refractivity contribution in [3.8, 4) is 0 Å². The molecule has 3 nitrogen and oxygen atoms in total. The number of hydrogen-bond acceptors (Lipinski definition) is 1. The van der Waals surface area contributed by atoms with Crippen molar-refractivity contribution in [2.24, 2.45) is 13.0 Å². The summed E-state index contributed by atoms with van der Waals surface area (Å²) in [6, 6.07) is 1.96. The normalized spacial score (nSPS) is 10.9. The number of carbonyl (C=O) groups is 1. The van der Waals surface area contributed by atoms with Gasteiger partial charge in [-0.25, -0.2) is 4.79 Å². The smallest absolute Gasteiger partial charge is 0.352 e. The van der Waals surface area contributed by atoms with Crippen molar-refractivity contribution in [1.29, 1.82) is 0 Å². The molecule has 0 saturated heterocycles. The van der Waals surface area contributed by atoms with Crippen LogP contribution in [0.25, 0.3) is 0 Å². The molecule has 0 amide bonds. The maximum Gasteiger partial charge on any atom is 0.352 e. The molecule has 0 atom stereocenters. The molecule has 0 fully saturated rings. The van der Waals surface area contributed by atoms with Crippen LogP contribution in [0.1, 0.15) is 35.6 Å². The number of carboxylic acids is 1. The molecule has 0 spiro atoms. The Morgan fingerprint density at radius 1 is 1.57 bits per heavy atom. The van der Waals surface area contributed by atoms with E-state index in [-0.39, 0.29) is 0 Å². The molecular formula is C11H17NO2. The van der Waals surface area contributed by atoms with E-state index in [0.29, 0.717) is 11.6 Å². The molecule has 14 heavy (non-hydrogen) atoms. The van der Waals surface area contributed by atoms with Crippen LogP contribution in [0.15, 0.2) is 6.07 Å². The minimum atomic E-state index is -0.837. The summed E-state index contributed by atoms with van der Waals surface area (Å²) in [7, 11) is 1.79. The highest BCUT2D eigenvalue weighted by atomic mass is 16.4. The number of rotatable bonds is 3. The van der Waals surface area contributed by atoms with E-state index in [1.54, 1.807) is 11.6 Å². The first-order chi connectivity index (χ1) is 6.43. The molecular weight excluding hydrogens is 178 g/mol. The van der Waals surface area contributed by atoms with Crippen molar-refractivity contribution in [1.82, 2.24) is 4.57 Å². The summed E-state index contributed by atoms with van der Waals surface area (Å²) < 4.78 is 1.74. The van der Waals surface area contributed by atoms with Gasteiger partial charge in [-0.2, -0.15) is 0 Å². The van der Waals surface area contributed by atoms with Gasteiger partial charge in [-0.1, -0.05) is 13.8 Å². The molecule has 0 aromatic carbocycles. The summed E-state index contributed by atoms with van der Waals surface area (Å²) in [6.07, 6.45) is 0.823. The number of aryl methyl sites for hydroxylation is 1. The Bertz CT molecular complexity index is 350. The van der Waals surface area contributed by atoms with E-state index in [1.165, 1.54) is 0 Å². The van der Waals surface area contributed by atoms with E-state index in [9.17, 15) is 4.79 Å². The van der Waals surface area contributed by atoms with Crippen molar-refractivity contribution in [3.63, 3.8) is 0 Å². The van der Waals surface area contributed by atoms with E-state index in [1.807, 2.05) is 13.0 Å². The molecule has 1 aromatic heterocycles. The fourth-order valence-corrected chi connectivity index (χ4v) is 1.69. The number of nitrogens with zero attached hydrogens (tertiary/aromatic N) is 1. The highest BCUT2D eigenvalue weighted by Crippen LogP contribution is 2.18. The van der Waals surface area contributed by atoms with Gasteiger partial charge in [-0.3, -0.25) is 0 Å². The van der Waals surface area contributed by atoms with Gasteiger partial charge in [0.2, 0.25) is 0 Å². The van der Waals surface area contributed by atoms with Crippen LogP contribution >= 0.6 is 0 Å². The second-order valence-corrected chi connectivity index (χ2v) is 4.12. The van der Waals surface area contributed by atoms with Gasteiger partial charge in [-0.05, 0) is 30.9 Å². The zero-order valence-electron chi connectivity index (χ0n) is 9.16. The standard InChI is InChI=1S/C11H17NO2/c1-7(2)5-9-6-8(3)12(4)10(9)11(13)14/h6-7H,5H2,1-4H3,(H,13,14). The highest BCUT2D eigenvalue weighted by molar-refractivity contribution is 5.88. The molecule has 78 valence electrons. The van der Waals surface area contributed by atoms with Gasteiger partial charge < -0.3 is 9.67 Å². The lowest BCUT2D eigenvalue weighted by Crippen LogP contribution is -2.09. The van der Waals surface area contributed by atoms with E-state index in [0.717, 1.165) is 17.7 Å². The lowest BCUT2D eigenvalue weighted by molar-refractivity contribution is 0.0685. The Balaban J connectivity index is 3.15. The number of hydrogen-bond donors (Lipinski definition) is 1. The summed E-state index contributed by atoms with van der Waals surface area (Å²) in [4.78, 5) is 11.0. The van der Waals surface area contributed by atoms with Crippen LogP contribution in [0, 0.1) is 12.8 Å². The van der Waals surface area contributed by atoms with E-state index in [2.05, 4.69) is 13.8 Å². The Morgan fingerprint density at radius 3 is 2.57 bits per heavy atom. The molecule has 0 aliphatic rings. The highest BCUT2D eigenvalue weighted by Gasteiger charge is 2.16. The molecule has 0 aliphatic carbocycles. The third-order valence-electron chi connectivity index (χ3n) is 2.38. The summed E-state index contributed by atoms with van der Waals surface area (Å²) in [6.45, 7) is 6.11. The fraction of sp³-hybridized carbons (Fsp3) is 0.545. The molecule has 0 unspecified atom stereocenters. The van der Waals surface area contributed by atoms with Crippen molar-refractivity contribution < 1.29 is 9.90 Å². The van der Waals surface area contributed by atoms with Crippen molar-refractivity contribution in [2.75, 3.05) is 0 Å². The third-order valence-corrected chi connectivity index (χ3v) is 2.38. The number of aromatic carboxylic acids is 1. The van der Waals surface area contributed by atoms with E-state index >= 15 is 0 Å². The van der Waals surface area contributed by atoms with Crippen molar-refractivity contribution >= 4 is 5.97 Å². The largest absolute Gasteiger partial charge is 0.477 e. The minimum absolute atomic E-state index is 0.427. The van der Waals surface area contributed by atoms with Crippen LogP contribution in [-0.2, 0) is 13.5 Å². The summed E-state index contributed by atoms with van der Waals surface area (Å²) in [5, 5.41) is 9.05. The first-order valence-corrected chi connectivity index (χ1v) is 4.82. The van der Waals surface area contributed by atoms with Crippen LogP contribution in [0.5, 0.6) is 0 Å². The van der Waals surface area contributed by atoms with Crippen LogP contribution < -0.4 is 0 Å². The summed E-state index contributed by atoms with van der Waals surface area (Å²) in [5.74, 6) is -0.355. The third kappa shape index (κ3) is 1.97. The SMILES string of the molecule is Cc1cc(CC(C)C)c(C(=O)O)n1C. The molecule has 1 N–H and O–H groups in total. The second-order valence-electron chi connectivity index (χ2n) is 4.12. The minimum Gasteiger partial charge on any atom is -0.477 e. The van der Waals surface area contributed by atoms with Crippen molar-refractivity contribution in [2.45, 2.75) is 27.2 Å². The Hall–Kier alpha value is -1.25. The fourth-order valence-electron chi connectivity index (χ4n) is 1.69. The van der Waals surface area contributed by atoms with Gasteiger partial charge in [-0.15, -0.1) is 0 Å². The number of aromatic nitrogens is 1. The molecule has 1 heterocycles. The lowest BCUT2D eigenvalue weighted by Gasteiger charge is -2.05. The monoisotopic (exact) mass is 195 g/mol. The average molecular weight is 195 g/mol. The maximum atomic E-state index is 11.0. The number of carboxylic acid groups (broad SMARTS) is 1. The molecule has 0 bridgehead atoms. The Morgan fingerprint density at radius 2 is 2.14 bits per heavy atom. The van der Waals surface area contributed by atoms with Gasteiger partial charge in [0.25, 0.3) is 0 Å². The van der Waals surface area contributed by atoms with Crippen LogP contribution in [-0.4, -0.2) is 15.6 Å². The first kappa shape index (κ1) is 10.8. The average Bonchev–Trinajstić information content (AvgIpc) is 2.26. The van der Waals surface area contributed by atoms with Crippen LogP contribution in [0.4, 0.5) is 0 Å². The van der Waals surface area contributed by atoms with Crippen LogP contribution in [0.3, 0.4) is 0 Å². The zero-order valence-corrected chi connectivity index (χ0v) is 9.16. The second kappa shape index (κ2) is 3.86. The predicted octanol–water partition coefficient (Wildman–Crippen LogP) is 2.23. The van der Waals surface area contributed by atoms with Gasteiger partial charge in [0.05, 0.1) is 0 Å². The molecule has 0 saturated carbocycles. The van der Waals surface area contributed by atoms with Crippen LogP contribution in [0.2, 0.25) is 0 Å². The van der Waals surface area contributed by atoms with E-state index < -0.39 is 5.97 Å². The predicted molar refractivity (Wildman–Crippen MR) is 55.7 cm³/mol. The van der Waals surface area contributed by atoms with Gasteiger partial charge >= 0.3 is 5.97 Å². The Kier molecular flexibility index (Phi) is 2.99. The van der Waals surface area contributed by atoms with Gasteiger partial charge in [0.1, 0.15) is 5.69 Å². The molecule has 1 rings (SSSR count). The summed E-state index contributed by atoms with van der Waals surface area (Å²) >= 11 is 0. The summed E-state index contributed by atoms with van der Waals surface area (Å²) in [5.41, 5.74) is 2.36. The van der Waals surface area contributed by atoms with E-state index in [4.69, 9.17) is 5.11 Å². The molecule has 0 radical (unpaired) electrons. The van der Waals surface area contributed by atoms with Gasteiger partial charge in [0, 0.05) is 12.7 Å². The first-order valence-electron chi connectivity index (χ1n) is 4.82. The van der Waals surface area contributed by atoms with Gasteiger partial charge in [0.15, 0.2) is 0 Å². The maximum absolute atomic E-state index is 11.0. The zero-order chi connectivity index (χ0) is 10.9. The van der Waals surface area contributed by atoms with Crippen molar-refractivity contribution in [3.05, 3.63) is 23.0 Å². The Labute approximate surface area is 84.4 Å². The molecule has 1 aromatic rings. The lowest BCUT2D eigenvalue weighted by atomic mass is 10.0. The topological polar surface area (TPSA) is 42.2 Å². The molecule has 0 aliphatic heterocycles. The molecule has 3 heteroatoms. The quantitative estimate of drug-likeness (QED) is 0.803.